The summed E-state index contributed by atoms with van der Waals surface area (Å²) in [5.41, 5.74) is 4.86. The van der Waals surface area contributed by atoms with Gasteiger partial charge in [-0.2, -0.15) is 0 Å². The number of para-hydroxylation sites is 2. The van der Waals surface area contributed by atoms with Gasteiger partial charge in [0.1, 0.15) is 5.75 Å². The molecule has 3 heterocycles. The lowest BCUT2D eigenvalue weighted by atomic mass is 10.0. The van der Waals surface area contributed by atoms with Crippen LogP contribution in [0.1, 0.15) is 22.9 Å². The molecule has 0 saturated carbocycles. The number of ether oxygens (including phenoxy) is 1. The van der Waals surface area contributed by atoms with E-state index in [1.807, 2.05) is 79.7 Å². The molecule has 1 aliphatic heterocycles. The van der Waals surface area contributed by atoms with E-state index < -0.39 is 11.8 Å². The minimum atomic E-state index is -0.582. The van der Waals surface area contributed by atoms with Gasteiger partial charge >= 0.3 is 5.69 Å². The van der Waals surface area contributed by atoms with E-state index in [9.17, 15) is 9.59 Å². The fourth-order valence-corrected chi connectivity index (χ4v) is 5.30. The van der Waals surface area contributed by atoms with Crippen LogP contribution in [0.25, 0.3) is 27.8 Å². The molecule has 174 valence electrons. The van der Waals surface area contributed by atoms with Crippen LogP contribution in [-0.2, 0) is 14.1 Å². The van der Waals surface area contributed by atoms with Crippen LogP contribution in [-0.4, -0.2) is 13.7 Å². The Kier molecular flexibility index (Phi) is 4.76. The molecule has 6 rings (SSSR count). The predicted molar refractivity (Wildman–Crippen MR) is 138 cm³/mol. The fraction of sp³-hybridized carbons (Fsp3) is 0.143. The molecule has 0 radical (unpaired) electrons. The largest absolute Gasteiger partial charge is 0.477 e. The van der Waals surface area contributed by atoms with Crippen LogP contribution in [0.3, 0.4) is 0 Å². The van der Waals surface area contributed by atoms with Gasteiger partial charge in [0.2, 0.25) is 0 Å². The topological polar surface area (TPSA) is 58.2 Å². The standard InChI is InChI=1S/C28H22ClN3O3/c1-16-9-4-5-12-19(16)23-22-24(30(2)28(34)31(3)27(22)33)25-26(17-10-8-11-18(29)15-17)35-21-14-7-6-13-20(21)32(23)25/h4-15,26H,1-3H3/t26-/m0/s1. The predicted octanol–water partition coefficient (Wildman–Crippen LogP) is 5.14. The van der Waals surface area contributed by atoms with Crippen molar-refractivity contribution in [2.45, 2.75) is 13.0 Å². The van der Waals surface area contributed by atoms with E-state index in [1.54, 1.807) is 11.6 Å². The van der Waals surface area contributed by atoms with Gasteiger partial charge in [-0.3, -0.25) is 13.9 Å². The Morgan fingerprint density at radius 1 is 0.886 bits per heavy atom. The smallest absolute Gasteiger partial charge is 0.331 e. The number of halogens is 1. The monoisotopic (exact) mass is 483 g/mol. The summed E-state index contributed by atoms with van der Waals surface area (Å²) in [5.74, 6) is 0.682. The molecule has 0 fully saturated rings. The van der Waals surface area contributed by atoms with Gasteiger partial charge in [-0.05, 0) is 42.3 Å². The molecule has 1 aliphatic rings. The molecular formula is C28H22ClN3O3. The molecule has 0 spiro atoms. The lowest BCUT2D eigenvalue weighted by Crippen LogP contribution is -2.37. The number of aromatic nitrogens is 3. The SMILES string of the molecule is Cc1ccccc1-c1c2c(=O)n(C)c(=O)n(C)c2c2n1-c1ccccc1O[C@H]2c1cccc(Cl)c1. The molecule has 35 heavy (non-hydrogen) atoms. The molecule has 1 atom stereocenters. The Morgan fingerprint density at radius 2 is 1.63 bits per heavy atom. The van der Waals surface area contributed by atoms with Gasteiger partial charge in [-0.1, -0.05) is 60.1 Å². The molecule has 3 aromatic carbocycles. The van der Waals surface area contributed by atoms with Crippen molar-refractivity contribution in [3.63, 3.8) is 0 Å². The molecule has 6 nitrogen and oxygen atoms in total. The minimum absolute atomic E-state index is 0.342. The van der Waals surface area contributed by atoms with Gasteiger partial charge in [0.15, 0.2) is 6.10 Å². The minimum Gasteiger partial charge on any atom is -0.477 e. The highest BCUT2D eigenvalue weighted by molar-refractivity contribution is 6.30. The average Bonchev–Trinajstić information content (AvgIpc) is 3.22. The fourth-order valence-electron chi connectivity index (χ4n) is 5.10. The number of hydrogen-bond donors (Lipinski definition) is 0. The molecule has 0 saturated heterocycles. The zero-order chi connectivity index (χ0) is 24.4. The third-order valence-corrected chi connectivity index (χ3v) is 6.99. The van der Waals surface area contributed by atoms with Gasteiger partial charge in [0.25, 0.3) is 5.56 Å². The van der Waals surface area contributed by atoms with E-state index in [0.29, 0.717) is 21.7 Å². The maximum absolute atomic E-state index is 13.7. The van der Waals surface area contributed by atoms with Gasteiger partial charge in [0.05, 0.1) is 28.0 Å². The van der Waals surface area contributed by atoms with Crippen LogP contribution in [0.4, 0.5) is 0 Å². The van der Waals surface area contributed by atoms with Gasteiger partial charge in [-0.15, -0.1) is 0 Å². The maximum atomic E-state index is 13.7. The van der Waals surface area contributed by atoms with Crippen molar-refractivity contribution in [1.82, 2.24) is 13.7 Å². The molecule has 0 unspecified atom stereocenters. The Balaban J connectivity index is 1.89. The summed E-state index contributed by atoms with van der Waals surface area (Å²) in [6.45, 7) is 2.02. The van der Waals surface area contributed by atoms with Crippen molar-refractivity contribution < 1.29 is 4.74 Å². The summed E-state index contributed by atoms with van der Waals surface area (Å²) in [5, 5.41) is 1.06. The molecule has 2 aromatic heterocycles. The molecule has 0 bridgehead atoms. The number of rotatable bonds is 2. The second kappa shape index (κ2) is 7.75. The van der Waals surface area contributed by atoms with E-state index in [2.05, 4.69) is 4.57 Å². The first-order valence-electron chi connectivity index (χ1n) is 11.3. The average molecular weight is 484 g/mol. The molecule has 0 N–H and O–H groups in total. The van der Waals surface area contributed by atoms with E-state index in [0.717, 1.165) is 38.3 Å². The van der Waals surface area contributed by atoms with Crippen molar-refractivity contribution in [3.8, 4) is 22.7 Å². The molecule has 5 aromatic rings. The molecule has 7 heteroatoms. The van der Waals surface area contributed by atoms with Gasteiger partial charge in [-0.25, -0.2) is 4.79 Å². The summed E-state index contributed by atoms with van der Waals surface area (Å²) in [6, 6.07) is 23.2. The summed E-state index contributed by atoms with van der Waals surface area (Å²) in [6.07, 6.45) is -0.582. The van der Waals surface area contributed by atoms with Crippen LogP contribution in [0.15, 0.2) is 82.4 Å². The van der Waals surface area contributed by atoms with Crippen LogP contribution in [0.5, 0.6) is 5.75 Å². The Morgan fingerprint density at radius 3 is 2.40 bits per heavy atom. The lowest BCUT2D eigenvalue weighted by molar-refractivity contribution is 0.229. The summed E-state index contributed by atoms with van der Waals surface area (Å²) >= 11 is 6.36. The van der Waals surface area contributed by atoms with E-state index in [1.165, 1.54) is 7.05 Å². The highest BCUT2D eigenvalue weighted by Crippen LogP contribution is 2.47. The summed E-state index contributed by atoms with van der Waals surface area (Å²) < 4.78 is 11.3. The van der Waals surface area contributed by atoms with E-state index in [-0.39, 0.29) is 5.56 Å². The highest BCUT2D eigenvalue weighted by atomic mass is 35.5. The van der Waals surface area contributed by atoms with Crippen molar-refractivity contribution in [2.24, 2.45) is 14.1 Å². The molecule has 0 amide bonds. The third-order valence-electron chi connectivity index (χ3n) is 6.76. The molecule has 0 aliphatic carbocycles. The van der Waals surface area contributed by atoms with Gasteiger partial charge < -0.3 is 9.30 Å². The summed E-state index contributed by atoms with van der Waals surface area (Å²) in [4.78, 5) is 26.8. The van der Waals surface area contributed by atoms with Crippen molar-refractivity contribution in [1.29, 1.82) is 0 Å². The number of benzene rings is 3. The number of hydrogen-bond acceptors (Lipinski definition) is 3. The van der Waals surface area contributed by atoms with Crippen LogP contribution in [0, 0.1) is 6.92 Å². The molecular weight excluding hydrogens is 462 g/mol. The van der Waals surface area contributed by atoms with Crippen molar-refractivity contribution >= 4 is 22.5 Å². The normalized spacial score (nSPS) is 14.5. The first-order chi connectivity index (χ1) is 16.9. The first kappa shape index (κ1) is 21.5. The second-order valence-corrected chi connectivity index (χ2v) is 9.27. The highest BCUT2D eigenvalue weighted by Gasteiger charge is 2.36. The number of aryl methyl sites for hydroxylation is 2. The number of fused-ring (bicyclic) bond motifs is 5. The van der Waals surface area contributed by atoms with Crippen LogP contribution < -0.4 is 16.0 Å². The Bertz CT molecular complexity index is 1780. The van der Waals surface area contributed by atoms with Crippen molar-refractivity contribution in [3.05, 3.63) is 115 Å². The maximum Gasteiger partial charge on any atom is 0.331 e. The van der Waals surface area contributed by atoms with Gasteiger partial charge in [0, 0.05) is 24.7 Å². The zero-order valence-corrected chi connectivity index (χ0v) is 20.2. The number of nitrogens with zero attached hydrogens (tertiary/aromatic N) is 3. The Labute approximate surface area is 206 Å². The van der Waals surface area contributed by atoms with Crippen molar-refractivity contribution in [2.75, 3.05) is 0 Å². The first-order valence-corrected chi connectivity index (χ1v) is 11.7. The second-order valence-electron chi connectivity index (χ2n) is 8.83. The summed E-state index contributed by atoms with van der Waals surface area (Å²) in [7, 11) is 3.21. The van der Waals surface area contributed by atoms with Crippen LogP contribution >= 0.6 is 11.6 Å². The van der Waals surface area contributed by atoms with E-state index in [4.69, 9.17) is 16.3 Å². The van der Waals surface area contributed by atoms with E-state index >= 15 is 0 Å². The Hall–Kier alpha value is -4.03. The van der Waals surface area contributed by atoms with Crippen LogP contribution in [0.2, 0.25) is 5.02 Å². The zero-order valence-electron chi connectivity index (χ0n) is 19.4. The quantitative estimate of drug-likeness (QED) is 0.349. The third kappa shape index (κ3) is 3.03. The lowest BCUT2D eigenvalue weighted by Gasteiger charge is -2.30.